The first-order valence-corrected chi connectivity index (χ1v) is 7.91. The number of carbonyl (C=O) groups excluding carboxylic acids is 1. The first-order chi connectivity index (χ1) is 11.2. The number of hydrogen-bond acceptors (Lipinski definition) is 3. The summed E-state index contributed by atoms with van der Waals surface area (Å²) in [5, 5.41) is 13.8. The Balaban J connectivity index is 2.25. The summed E-state index contributed by atoms with van der Waals surface area (Å²) in [5.74, 6) is -0.375. The van der Waals surface area contributed by atoms with Crippen LogP contribution in [0.2, 0.25) is 5.02 Å². The Hall–Kier alpha value is -2.40. The number of aryl methyl sites for hydroxylation is 3. The first kappa shape index (κ1) is 17.9. The number of hydrogen-bond donors (Lipinski definition) is 1. The fourth-order valence-electron chi connectivity index (χ4n) is 2.60. The van der Waals surface area contributed by atoms with Gasteiger partial charge in [-0.1, -0.05) is 23.7 Å². The van der Waals surface area contributed by atoms with Crippen LogP contribution in [0.3, 0.4) is 0 Å². The topological polar surface area (TPSA) is 72.2 Å². The molecule has 5 nitrogen and oxygen atoms in total. The number of nitro groups is 1. The number of benzene rings is 2. The number of halogens is 1. The second-order valence-electron chi connectivity index (χ2n) is 5.91. The van der Waals surface area contributed by atoms with Crippen molar-refractivity contribution >= 4 is 23.2 Å². The molecule has 2 rings (SSSR count). The van der Waals surface area contributed by atoms with Crippen LogP contribution in [-0.4, -0.2) is 10.8 Å². The van der Waals surface area contributed by atoms with Crippen molar-refractivity contribution in [2.45, 2.75) is 33.7 Å². The highest BCUT2D eigenvalue weighted by atomic mass is 35.5. The molecular weight excluding hydrogens is 328 g/mol. The predicted octanol–water partition coefficient (Wildman–Crippen LogP) is 4.66. The third-order valence-corrected chi connectivity index (χ3v) is 4.42. The van der Waals surface area contributed by atoms with E-state index in [0.29, 0.717) is 0 Å². The smallest absolute Gasteiger partial charge is 0.288 e. The molecular formula is C18H19ClN2O3. The van der Waals surface area contributed by atoms with Gasteiger partial charge in [0, 0.05) is 11.6 Å². The molecule has 2 aromatic carbocycles. The van der Waals surface area contributed by atoms with Gasteiger partial charge >= 0.3 is 0 Å². The van der Waals surface area contributed by atoms with Gasteiger partial charge in [0.25, 0.3) is 11.6 Å². The minimum Gasteiger partial charge on any atom is -0.346 e. The molecule has 0 aliphatic carbocycles. The van der Waals surface area contributed by atoms with Crippen LogP contribution in [0, 0.1) is 30.9 Å². The average Bonchev–Trinajstić information content (AvgIpc) is 2.50. The first-order valence-electron chi connectivity index (χ1n) is 7.53. The normalized spacial score (nSPS) is 11.9. The van der Waals surface area contributed by atoms with Crippen LogP contribution in [0.25, 0.3) is 0 Å². The summed E-state index contributed by atoms with van der Waals surface area (Å²) in [6, 6.07) is 7.95. The van der Waals surface area contributed by atoms with Crippen molar-refractivity contribution in [3.8, 4) is 0 Å². The molecule has 0 spiro atoms. The number of rotatable bonds is 4. The Morgan fingerprint density at radius 2 is 1.75 bits per heavy atom. The standard InChI is InChI=1S/C18H19ClN2O3/c1-10-7-12(3)15(8-11(10)2)13(4)20-18(22)14-5-6-16(19)17(9-14)21(23)24/h5-9,13H,1-4H3,(H,20,22)/t13-/m1/s1. The van der Waals surface area contributed by atoms with Crippen LogP contribution in [0.15, 0.2) is 30.3 Å². The molecule has 1 N–H and O–H groups in total. The van der Waals surface area contributed by atoms with Gasteiger partial charge < -0.3 is 5.32 Å². The van der Waals surface area contributed by atoms with Gasteiger partial charge in [0.05, 0.1) is 11.0 Å². The van der Waals surface area contributed by atoms with Crippen LogP contribution >= 0.6 is 11.6 Å². The lowest BCUT2D eigenvalue weighted by atomic mass is 9.96. The third kappa shape index (κ3) is 3.74. The van der Waals surface area contributed by atoms with Crippen molar-refractivity contribution in [3.63, 3.8) is 0 Å². The second-order valence-corrected chi connectivity index (χ2v) is 6.32. The molecule has 0 saturated carbocycles. The van der Waals surface area contributed by atoms with Crippen molar-refractivity contribution in [3.05, 3.63) is 73.3 Å². The number of carbonyl (C=O) groups is 1. The summed E-state index contributed by atoms with van der Waals surface area (Å²) < 4.78 is 0. The van der Waals surface area contributed by atoms with E-state index in [4.69, 9.17) is 11.6 Å². The van der Waals surface area contributed by atoms with Gasteiger partial charge in [-0.05, 0) is 62.1 Å². The van der Waals surface area contributed by atoms with Crippen molar-refractivity contribution < 1.29 is 9.72 Å². The van der Waals surface area contributed by atoms with E-state index in [-0.39, 0.29) is 28.2 Å². The summed E-state index contributed by atoms with van der Waals surface area (Å²) in [4.78, 5) is 22.7. The molecule has 0 unspecified atom stereocenters. The molecule has 126 valence electrons. The zero-order valence-electron chi connectivity index (χ0n) is 14.0. The van der Waals surface area contributed by atoms with Gasteiger partial charge in [0.2, 0.25) is 0 Å². The molecule has 0 aliphatic heterocycles. The van der Waals surface area contributed by atoms with Gasteiger partial charge in [0.1, 0.15) is 5.02 Å². The molecule has 2 aromatic rings. The molecule has 0 aliphatic rings. The molecule has 0 radical (unpaired) electrons. The molecule has 6 heteroatoms. The molecule has 1 amide bonds. The van der Waals surface area contributed by atoms with Gasteiger partial charge in [-0.25, -0.2) is 0 Å². The second kappa shape index (κ2) is 7.01. The van der Waals surface area contributed by atoms with Crippen LogP contribution in [-0.2, 0) is 0 Å². The van der Waals surface area contributed by atoms with E-state index in [0.717, 1.165) is 16.7 Å². The lowest BCUT2D eigenvalue weighted by Crippen LogP contribution is -2.27. The SMILES string of the molecule is Cc1cc(C)c([C@@H](C)NC(=O)c2ccc(Cl)c([N+](=O)[O-])c2)cc1C. The van der Waals surface area contributed by atoms with Gasteiger partial charge in [-0.15, -0.1) is 0 Å². The molecule has 0 heterocycles. The van der Waals surface area contributed by atoms with Crippen LogP contribution in [0.1, 0.15) is 45.6 Å². The van der Waals surface area contributed by atoms with E-state index in [2.05, 4.69) is 17.4 Å². The zero-order chi connectivity index (χ0) is 18.0. The number of amides is 1. The average molecular weight is 347 g/mol. The minimum absolute atomic E-state index is 0.00889. The molecule has 0 fully saturated rings. The Labute approximate surface area is 145 Å². The van der Waals surface area contributed by atoms with Gasteiger partial charge in [0.15, 0.2) is 0 Å². The van der Waals surface area contributed by atoms with Crippen LogP contribution < -0.4 is 5.32 Å². The maximum Gasteiger partial charge on any atom is 0.288 e. The fraction of sp³-hybridized carbons (Fsp3) is 0.278. The summed E-state index contributed by atoms with van der Waals surface area (Å²) in [7, 11) is 0. The van der Waals surface area contributed by atoms with Crippen molar-refractivity contribution in [1.29, 1.82) is 0 Å². The number of nitrogens with one attached hydrogen (secondary N) is 1. The van der Waals surface area contributed by atoms with Gasteiger partial charge in [-0.3, -0.25) is 14.9 Å². The van der Waals surface area contributed by atoms with E-state index in [1.54, 1.807) is 0 Å². The highest BCUT2D eigenvalue weighted by Crippen LogP contribution is 2.26. The molecule has 0 saturated heterocycles. The monoisotopic (exact) mass is 346 g/mol. The van der Waals surface area contributed by atoms with E-state index >= 15 is 0 Å². The molecule has 1 atom stereocenters. The Kier molecular flexibility index (Phi) is 5.24. The summed E-state index contributed by atoms with van der Waals surface area (Å²) in [6.45, 7) is 7.95. The lowest BCUT2D eigenvalue weighted by Gasteiger charge is -2.18. The fourth-order valence-corrected chi connectivity index (χ4v) is 2.79. The highest BCUT2D eigenvalue weighted by molar-refractivity contribution is 6.32. The van der Waals surface area contributed by atoms with Crippen LogP contribution in [0.5, 0.6) is 0 Å². The number of nitrogens with zero attached hydrogens (tertiary/aromatic N) is 1. The summed E-state index contributed by atoms with van der Waals surface area (Å²) in [5.41, 5.74) is 4.39. The van der Waals surface area contributed by atoms with E-state index in [1.807, 2.05) is 27.7 Å². The Morgan fingerprint density at radius 3 is 2.38 bits per heavy atom. The minimum atomic E-state index is -0.601. The predicted molar refractivity (Wildman–Crippen MR) is 94.6 cm³/mol. The third-order valence-electron chi connectivity index (χ3n) is 4.10. The number of nitro benzene ring substituents is 1. The molecule has 0 bridgehead atoms. The zero-order valence-corrected chi connectivity index (χ0v) is 14.8. The summed E-state index contributed by atoms with van der Waals surface area (Å²) in [6.07, 6.45) is 0. The maximum absolute atomic E-state index is 12.4. The maximum atomic E-state index is 12.4. The van der Waals surface area contributed by atoms with Crippen LogP contribution in [0.4, 0.5) is 5.69 Å². The van der Waals surface area contributed by atoms with Crippen molar-refractivity contribution in [2.75, 3.05) is 0 Å². The van der Waals surface area contributed by atoms with E-state index in [1.165, 1.54) is 23.8 Å². The Bertz CT molecular complexity index is 818. The highest BCUT2D eigenvalue weighted by Gasteiger charge is 2.18. The largest absolute Gasteiger partial charge is 0.346 e. The quantitative estimate of drug-likeness (QED) is 0.646. The van der Waals surface area contributed by atoms with Gasteiger partial charge in [-0.2, -0.15) is 0 Å². The summed E-state index contributed by atoms with van der Waals surface area (Å²) >= 11 is 5.78. The Morgan fingerprint density at radius 1 is 1.12 bits per heavy atom. The molecule has 0 aromatic heterocycles. The van der Waals surface area contributed by atoms with E-state index < -0.39 is 4.92 Å². The van der Waals surface area contributed by atoms with E-state index in [9.17, 15) is 14.9 Å². The van der Waals surface area contributed by atoms with Crippen molar-refractivity contribution in [1.82, 2.24) is 5.32 Å². The van der Waals surface area contributed by atoms with Crippen molar-refractivity contribution in [2.24, 2.45) is 0 Å². The lowest BCUT2D eigenvalue weighted by molar-refractivity contribution is -0.384. The molecule has 24 heavy (non-hydrogen) atoms.